The molecule has 126 valence electrons. The van der Waals surface area contributed by atoms with Gasteiger partial charge in [0.2, 0.25) is 0 Å². The van der Waals surface area contributed by atoms with Crippen LogP contribution in [0.1, 0.15) is 29.0 Å². The van der Waals surface area contributed by atoms with Gasteiger partial charge in [0.25, 0.3) is 6.02 Å². The lowest BCUT2D eigenvalue weighted by molar-refractivity contribution is 0.233. The Kier molecular flexibility index (Phi) is 3.30. The number of hydrogen-bond acceptors (Lipinski definition) is 6. The Labute approximate surface area is 140 Å². The van der Waals surface area contributed by atoms with Gasteiger partial charge in [0, 0.05) is 17.5 Å². The van der Waals surface area contributed by atoms with Crippen LogP contribution in [-0.4, -0.2) is 30.4 Å². The third kappa shape index (κ3) is 2.17. The molecule has 1 aliphatic carbocycles. The molecule has 6 nitrogen and oxygen atoms in total. The van der Waals surface area contributed by atoms with Crippen molar-refractivity contribution in [1.82, 2.24) is 5.16 Å². The first-order valence-corrected chi connectivity index (χ1v) is 8.13. The number of aromatic nitrogens is 1. The molecule has 4 rings (SSSR count). The number of methoxy groups -OCH3 is 1. The molecule has 1 unspecified atom stereocenters. The molecule has 0 saturated heterocycles. The smallest absolute Gasteiger partial charge is 0.282 e. The van der Waals surface area contributed by atoms with Crippen LogP contribution in [0.5, 0.6) is 5.75 Å². The monoisotopic (exact) mass is 327 g/mol. The van der Waals surface area contributed by atoms with Crippen molar-refractivity contribution in [1.29, 1.82) is 0 Å². The van der Waals surface area contributed by atoms with Gasteiger partial charge < -0.3 is 19.7 Å². The van der Waals surface area contributed by atoms with Crippen molar-refractivity contribution < 1.29 is 14.0 Å². The van der Waals surface area contributed by atoms with E-state index in [-0.39, 0.29) is 5.54 Å². The SMILES string of the molecule is COc1ccc(-c2c(C)noc2C)c2c1CC1(CC2)COC(N)=N1. The van der Waals surface area contributed by atoms with Gasteiger partial charge in [-0.1, -0.05) is 11.2 Å². The summed E-state index contributed by atoms with van der Waals surface area (Å²) in [5.41, 5.74) is 11.1. The third-order valence-electron chi connectivity index (χ3n) is 5.09. The number of aliphatic imine (C=N–C) groups is 1. The molecule has 24 heavy (non-hydrogen) atoms. The van der Waals surface area contributed by atoms with E-state index in [1.807, 2.05) is 19.9 Å². The molecule has 2 heterocycles. The molecule has 0 amide bonds. The number of hydrogen-bond donors (Lipinski definition) is 1. The fourth-order valence-corrected chi connectivity index (χ4v) is 3.94. The van der Waals surface area contributed by atoms with Crippen molar-refractivity contribution in [2.45, 2.75) is 38.6 Å². The third-order valence-corrected chi connectivity index (χ3v) is 5.09. The highest BCUT2D eigenvalue weighted by Crippen LogP contribution is 2.43. The van der Waals surface area contributed by atoms with E-state index in [4.69, 9.17) is 19.7 Å². The summed E-state index contributed by atoms with van der Waals surface area (Å²) >= 11 is 0. The molecule has 1 spiro atoms. The fraction of sp³-hybridized carbons (Fsp3) is 0.444. The molecule has 2 aromatic rings. The number of amidine groups is 1. The van der Waals surface area contributed by atoms with Crippen LogP contribution in [0.15, 0.2) is 21.6 Å². The van der Waals surface area contributed by atoms with Crippen molar-refractivity contribution >= 4 is 6.02 Å². The molecule has 1 aromatic heterocycles. The Balaban J connectivity index is 1.86. The lowest BCUT2D eigenvalue weighted by Crippen LogP contribution is -2.36. The first-order chi connectivity index (χ1) is 11.5. The van der Waals surface area contributed by atoms with Crippen LogP contribution < -0.4 is 10.5 Å². The van der Waals surface area contributed by atoms with Gasteiger partial charge in [-0.25, -0.2) is 4.99 Å². The molecule has 0 fully saturated rings. The number of nitrogens with zero attached hydrogens (tertiary/aromatic N) is 2. The Morgan fingerprint density at radius 2 is 2.08 bits per heavy atom. The zero-order valence-electron chi connectivity index (χ0n) is 14.2. The predicted molar refractivity (Wildman–Crippen MR) is 90.3 cm³/mol. The van der Waals surface area contributed by atoms with Gasteiger partial charge in [-0.05, 0) is 43.9 Å². The molecular weight excluding hydrogens is 306 g/mol. The molecule has 0 saturated carbocycles. The van der Waals surface area contributed by atoms with Crippen molar-refractivity contribution in [2.75, 3.05) is 13.7 Å². The van der Waals surface area contributed by atoms with E-state index in [1.54, 1.807) is 7.11 Å². The number of aryl methyl sites for hydroxylation is 2. The first kappa shape index (κ1) is 15.1. The lowest BCUT2D eigenvalue weighted by Gasteiger charge is -2.32. The molecule has 1 aromatic carbocycles. The molecular formula is C18H21N3O3. The van der Waals surface area contributed by atoms with Crippen LogP contribution in [0.4, 0.5) is 0 Å². The summed E-state index contributed by atoms with van der Waals surface area (Å²) in [6, 6.07) is 4.41. The molecule has 6 heteroatoms. The fourth-order valence-electron chi connectivity index (χ4n) is 3.94. The minimum atomic E-state index is -0.262. The van der Waals surface area contributed by atoms with Crippen LogP contribution in [-0.2, 0) is 17.6 Å². The van der Waals surface area contributed by atoms with E-state index in [1.165, 1.54) is 16.7 Å². The van der Waals surface area contributed by atoms with Gasteiger partial charge in [0.05, 0.1) is 12.8 Å². The number of benzene rings is 1. The van der Waals surface area contributed by atoms with E-state index in [2.05, 4.69) is 16.2 Å². The van der Waals surface area contributed by atoms with Gasteiger partial charge in [0.1, 0.15) is 23.7 Å². The lowest BCUT2D eigenvalue weighted by atomic mass is 9.76. The standard InChI is InChI=1S/C18H21N3O3/c1-10-16(11(2)24-21-10)13-4-5-15(22-3)14-8-18(7-6-12(13)14)9-23-17(19)20-18/h4-5H,6-9H2,1-3H3,(H2,19,20). The van der Waals surface area contributed by atoms with E-state index in [0.717, 1.165) is 42.0 Å². The van der Waals surface area contributed by atoms with E-state index in [0.29, 0.717) is 12.6 Å². The first-order valence-electron chi connectivity index (χ1n) is 8.13. The average molecular weight is 327 g/mol. The molecule has 2 aliphatic rings. The topological polar surface area (TPSA) is 82.9 Å². The quantitative estimate of drug-likeness (QED) is 0.916. The maximum atomic E-state index is 5.75. The number of rotatable bonds is 2. The summed E-state index contributed by atoms with van der Waals surface area (Å²) in [5.74, 6) is 1.73. The Morgan fingerprint density at radius 1 is 1.25 bits per heavy atom. The Morgan fingerprint density at radius 3 is 2.71 bits per heavy atom. The van der Waals surface area contributed by atoms with E-state index >= 15 is 0 Å². The van der Waals surface area contributed by atoms with Crippen LogP contribution >= 0.6 is 0 Å². The predicted octanol–water partition coefficient (Wildman–Crippen LogP) is 2.54. The zero-order chi connectivity index (χ0) is 16.9. The van der Waals surface area contributed by atoms with Gasteiger partial charge in [-0.2, -0.15) is 0 Å². The number of nitrogens with two attached hydrogens (primary N) is 1. The summed E-state index contributed by atoms with van der Waals surface area (Å²) in [5, 5.41) is 4.10. The van der Waals surface area contributed by atoms with Crippen LogP contribution in [0.25, 0.3) is 11.1 Å². The molecule has 0 radical (unpaired) electrons. The largest absolute Gasteiger partial charge is 0.496 e. The molecule has 1 atom stereocenters. The number of fused-ring (bicyclic) bond motifs is 1. The van der Waals surface area contributed by atoms with Crippen molar-refractivity contribution in [3.05, 3.63) is 34.7 Å². The van der Waals surface area contributed by atoms with Gasteiger partial charge in [0.15, 0.2) is 0 Å². The minimum absolute atomic E-state index is 0.262. The second kappa shape index (κ2) is 5.26. The molecule has 2 N–H and O–H groups in total. The van der Waals surface area contributed by atoms with E-state index < -0.39 is 0 Å². The normalized spacial score (nSPS) is 22.2. The molecule has 1 aliphatic heterocycles. The summed E-state index contributed by atoms with van der Waals surface area (Å²) < 4.78 is 16.4. The summed E-state index contributed by atoms with van der Waals surface area (Å²) in [6.07, 6.45) is 2.57. The van der Waals surface area contributed by atoms with Gasteiger partial charge in [-0.15, -0.1) is 0 Å². The van der Waals surface area contributed by atoms with Crippen molar-refractivity contribution in [2.24, 2.45) is 10.7 Å². The highest BCUT2D eigenvalue weighted by molar-refractivity contribution is 5.76. The van der Waals surface area contributed by atoms with Crippen LogP contribution in [0.2, 0.25) is 0 Å². The highest BCUT2D eigenvalue weighted by Gasteiger charge is 2.41. The van der Waals surface area contributed by atoms with Crippen molar-refractivity contribution in [3.63, 3.8) is 0 Å². The van der Waals surface area contributed by atoms with Crippen LogP contribution in [0, 0.1) is 13.8 Å². The van der Waals surface area contributed by atoms with Crippen molar-refractivity contribution in [3.8, 4) is 16.9 Å². The average Bonchev–Trinajstić information content (AvgIpc) is 3.09. The number of ether oxygens (including phenoxy) is 2. The Bertz CT molecular complexity index is 821. The maximum Gasteiger partial charge on any atom is 0.282 e. The van der Waals surface area contributed by atoms with Crippen LogP contribution in [0.3, 0.4) is 0 Å². The van der Waals surface area contributed by atoms with Gasteiger partial charge in [-0.3, -0.25) is 0 Å². The molecule has 0 bridgehead atoms. The van der Waals surface area contributed by atoms with E-state index in [9.17, 15) is 0 Å². The summed E-state index contributed by atoms with van der Waals surface area (Å²) in [6.45, 7) is 4.46. The zero-order valence-corrected chi connectivity index (χ0v) is 14.2. The minimum Gasteiger partial charge on any atom is -0.496 e. The Hall–Kier alpha value is -2.50. The second-order valence-electron chi connectivity index (χ2n) is 6.61. The summed E-state index contributed by atoms with van der Waals surface area (Å²) in [7, 11) is 1.70. The van der Waals surface area contributed by atoms with Gasteiger partial charge >= 0.3 is 0 Å². The second-order valence-corrected chi connectivity index (χ2v) is 6.61. The highest BCUT2D eigenvalue weighted by atomic mass is 16.5. The summed E-state index contributed by atoms with van der Waals surface area (Å²) in [4.78, 5) is 4.57. The maximum absolute atomic E-state index is 5.75.